The van der Waals surface area contributed by atoms with Crippen molar-refractivity contribution >= 4 is 28.3 Å². The summed E-state index contributed by atoms with van der Waals surface area (Å²) in [5.74, 6) is 1.84. The maximum absolute atomic E-state index is 6.38. The lowest BCUT2D eigenvalue weighted by Gasteiger charge is -2.17. The molecule has 23 heavy (non-hydrogen) atoms. The highest BCUT2D eigenvalue weighted by Crippen LogP contribution is 2.36. The molecule has 1 fully saturated rings. The van der Waals surface area contributed by atoms with Crippen molar-refractivity contribution < 1.29 is 9.26 Å². The minimum atomic E-state index is -0.439. The SMILES string of the molecule is CC(C)Oc1cc(Br)cc(-c2nc(C3(N)CCCC3)no2)c1.Cl. The molecule has 1 aromatic heterocycles. The van der Waals surface area contributed by atoms with Crippen molar-refractivity contribution in [3.05, 3.63) is 28.5 Å². The van der Waals surface area contributed by atoms with Crippen molar-refractivity contribution in [3.8, 4) is 17.2 Å². The zero-order valence-electron chi connectivity index (χ0n) is 13.2. The number of nitrogens with zero attached hydrogens (tertiary/aromatic N) is 2. The number of ether oxygens (including phenoxy) is 1. The highest BCUT2D eigenvalue weighted by molar-refractivity contribution is 9.10. The predicted molar refractivity (Wildman–Crippen MR) is 94.8 cm³/mol. The van der Waals surface area contributed by atoms with Crippen molar-refractivity contribution in [2.45, 2.75) is 51.2 Å². The van der Waals surface area contributed by atoms with Gasteiger partial charge in [0, 0.05) is 10.0 Å². The van der Waals surface area contributed by atoms with E-state index in [1.807, 2.05) is 32.0 Å². The van der Waals surface area contributed by atoms with Gasteiger partial charge in [-0.25, -0.2) is 0 Å². The first-order valence-corrected chi connectivity index (χ1v) is 8.36. The first-order valence-electron chi connectivity index (χ1n) is 7.57. The summed E-state index contributed by atoms with van der Waals surface area (Å²) >= 11 is 3.49. The molecule has 0 saturated heterocycles. The van der Waals surface area contributed by atoms with Crippen LogP contribution >= 0.6 is 28.3 Å². The third-order valence-corrected chi connectivity index (χ3v) is 4.32. The molecule has 2 N–H and O–H groups in total. The number of nitrogens with two attached hydrogens (primary N) is 1. The van der Waals surface area contributed by atoms with Crippen LogP contribution in [-0.2, 0) is 5.54 Å². The molecule has 3 rings (SSSR count). The third-order valence-electron chi connectivity index (χ3n) is 3.86. The van der Waals surface area contributed by atoms with Crippen molar-refractivity contribution in [3.63, 3.8) is 0 Å². The molecular weight excluding hydrogens is 382 g/mol. The first-order chi connectivity index (χ1) is 10.5. The highest BCUT2D eigenvalue weighted by Gasteiger charge is 2.36. The van der Waals surface area contributed by atoms with E-state index in [-0.39, 0.29) is 18.5 Å². The minimum Gasteiger partial charge on any atom is -0.491 e. The van der Waals surface area contributed by atoms with Crippen molar-refractivity contribution in [2.24, 2.45) is 5.73 Å². The molecule has 2 aromatic rings. The van der Waals surface area contributed by atoms with Gasteiger partial charge in [-0.3, -0.25) is 0 Å². The van der Waals surface area contributed by atoms with Crippen LogP contribution in [0.1, 0.15) is 45.4 Å². The zero-order valence-corrected chi connectivity index (χ0v) is 15.6. The summed E-state index contributed by atoms with van der Waals surface area (Å²) in [6, 6.07) is 5.75. The molecule has 0 radical (unpaired) electrons. The second-order valence-corrected chi connectivity index (χ2v) is 7.04. The molecule has 1 aliphatic rings. The Labute approximate surface area is 150 Å². The van der Waals surface area contributed by atoms with E-state index in [1.165, 1.54) is 0 Å². The molecule has 7 heteroatoms. The average molecular weight is 403 g/mol. The molecular formula is C16H21BrClN3O2. The van der Waals surface area contributed by atoms with Crippen LogP contribution in [0.4, 0.5) is 0 Å². The molecule has 0 bridgehead atoms. The molecule has 126 valence electrons. The van der Waals surface area contributed by atoms with Crippen LogP contribution < -0.4 is 10.5 Å². The fraction of sp³-hybridized carbons (Fsp3) is 0.500. The number of rotatable bonds is 4. The van der Waals surface area contributed by atoms with Gasteiger partial charge in [-0.1, -0.05) is 33.9 Å². The molecule has 0 spiro atoms. The summed E-state index contributed by atoms with van der Waals surface area (Å²) in [5, 5.41) is 4.10. The first kappa shape index (κ1) is 18.2. The van der Waals surface area contributed by atoms with Crippen LogP contribution in [-0.4, -0.2) is 16.2 Å². The van der Waals surface area contributed by atoms with Gasteiger partial charge in [0.05, 0.1) is 11.6 Å². The topological polar surface area (TPSA) is 74.2 Å². The summed E-state index contributed by atoms with van der Waals surface area (Å²) < 4.78 is 12.1. The lowest BCUT2D eigenvalue weighted by atomic mass is 9.99. The standard InChI is InChI=1S/C16H20BrN3O2.ClH/c1-10(2)21-13-8-11(7-12(17)9-13)14-19-15(20-22-14)16(18)5-3-4-6-16;/h7-10H,3-6,18H2,1-2H3;1H. The maximum atomic E-state index is 6.38. The average Bonchev–Trinajstić information content (AvgIpc) is 3.06. The lowest BCUT2D eigenvalue weighted by Crippen LogP contribution is -2.34. The maximum Gasteiger partial charge on any atom is 0.258 e. The Bertz CT molecular complexity index is 669. The van der Waals surface area contributed by atoms with Crippen molar-refractivity contribution in [2.75, 3.05) is 0 Å². The van der Waals surface area contributed by atoms with E-state index in [2.05, 4.69) is 26.1 Å². The second-order valence-electron chi connectivity index (χ2n) is 6.13. The Balaban J connectivity index is 0.00000192. The van der Waals surface area contributed by atoms with E-state index in [0.29, 0.717) is 11.7 Å². The molecule has 0 aliphatic heterocycles. The number of hydrogen-bond donors (Lipinski definition) is 1. The minimum absolute atomic E-state index is 0. The van der Waals surface area contributed by atoms with Crippen LogP contribution in [0, 0.1) is 0 Å². The van der Waals surface area contributed by atoms with E-state index in [9.17, 15) is 0 Å². The predicted octanol–water partition coefficient (Wildman–Crippen LogP) is 4.44. The summed E-state index contributed by atoms with van der Waals surface area (Å²) in [4.78, 5) is 4.52. The molecule has 0 amide bonds. The second kappa shape index (κ2) is 7.20. The lowest BCUT2D eigenvalue weighted by molar-refractivity contribution is 0.242. The van der Waals surface area contributed by atoms with Gasteiger partial charge in [-0.05, 0) is 44.9 Å². The molecule has 0 atom stereocenters. The number of halogens is 2. The number of benzene rings is 1. The molecule has 0 unspecified atom stereocenters. The monoisotopic (exact) mass is 401 g/mol. The summed E-state index contributed by atoms with van der Waals surface area (Å²) in [6.07, 6.45) is 4.15. The Kier molecular flexibility index (Phi) is 5.70. The van der Waals surface area contributed by atoms with Crippen LogP contribution in [0.5, 0.6) is 5.75 Å². The molecule has 1 saturated carbocycles. The van der Waals surface area contributed by atoms with Crippen molar-refractivity contribution in [1.82, 2.24) is 10.1 Å². The molecule has 1 aromatic carbocycles. The normalized spacial score (nSPS) is 16.4. The van der Waals surface area contributed by atoms with Gasteiger partial charge in [0.1, 0.15) is 5.75 Å². The van der Waals surface area contributed by atoms with Crippen LogP contribution in [0.15, 0.2) is 27.2 Å². The third kappa shape index (κ3) is 4.05. The largest absolute Gasteiger partial charge is 0.491 e. The van der Waals surface area contributed by atoms with Gasteiger partial charge in [-0.2, -0.15) is 4.98 Å². The van der Waals surface area contributed by atoms with Gasteiger partial charge < -0.3 is 15.0 Å². The zero-order chi connectivity index (χ0) is 15.7. The van der Waals surface area contributed by atoms with E-state index >= 15 is 0 Å². The van der Waals surface area contributed by atoms with E-state index < -0.39 is 5.54 Å². The molecule has 5 nitrogen and oxygen atoms in total. The van der Waals surface area contributed by atoms with Gasteiger partial charge in [0.2, 0.25) is 0 Å². The Morgan fingerprint density at radius 3 is 2.61 bits per heavy atom. The van der Waals surface area contributed by atoms with Crippen LogP contribution in [0.2, 0.25) is 0 Å². The summed E-state index contributed by atoms with van der Waals surface area (Å²) in [5.41, 5.74) is 6.76. The summed E-state index contributed by atoms with van der Waals surface area (Å²) in [6.45, 7) is 3.98. The van der Waals surface area contributed by atoms with Gasteiger partial charge in [-0.15, -0.1) is 12.4 Å². The van der Waals surface area contributed by atoms with E-state index in [0.717, 1.165) is 41.5 Å². The van der Waals surface area contributed by atoms with E-state index in [1.54, 1.807) is 0 Å². The smallest absolute Gasteiger partial charge is 0.258 e. The van der Waals surface area contributed by atoms with Gasteiger partial charge in [0.25, 0.3) is 5.89 Å². The van der Waals surface area contributed by atoms with Crippen LogP contribution in [0.3, 0.4) is 0 Å². The fourth-order valence-corrected chi connectivity index (χ4v) is 3.27. The van der Waals surface area contributed by atoms with Crippen molar-refractivity contribution in [1.29, 1.82) is 0 Å². The Morgan fingerprint density at radius 1 is 1.26 bits per heavy atom. The highest BCUT2D eigenvalue weighted by atomic mass is 79.9. The Hall–Kier alpha value is -1.11. The quantitative estimate of drug-likeness (QED) is 0.818. The molecule has 1 heterocycles. The molecule has 1 aliphatic carbocycles. The van der Waals surface area contributed by atoms with Crippen LogP contribution in [0.25, 0.3) is 11.5 Å². The van der Waals surface area contributed by atoms with E-state index in [4.69, 9.17) is 15.0 Å². The number of hydrogen-bond acceptors (Lipinski definition) is 5. The van der Waals surface area contributed by atoms with Gasteiger partial charge >= 0.3 is 0 Å². The summed E-state index contributed by atoms with van der Waals surface area (Å²) in [7, 11) is 0. The van der Waals surface area contributed by atoms with Gasteiger partial charge in [0.15, 0.2) is 5.82 Å². The fourth-order valence-electron chi connectivity index (χ4n) is 2.80. The number of aromatic nitrogens is 2. The Morgan fingerprint density at radius 2 is 1.96 bits per heavy atom.